The molecule has 0 heterocycles. The van der Waals surface area contributed by atoms with E-state index in [0.29, 0.717) is 17.5 Å². The maximum atomic E-state index is 3.81. The molecule has 1 rings (SSSR count). The fourth-order valence-electron chi connectivity index (χ4n) is 3.32. The van der Waals surface area contributed by atoms with Crippen LogP contribution in [-0.4, -0.2) is 37.1 Å². The molecule has 1 aliphatic carbocycles. The second kappa shape index (κ2) is 6.91. The summed E-state index contributed by atoms with van der Waals surface area (Å²) in [4.78, 5) is 2.55. The first-order valence-electron chi connectivity index (χ1n) is 7.86. The molecule has 3 atom stereocenters. The lowest BCUT2D eigenvalue weighted by Gasteiger charge is -2.35. The van der Waals surface area contributed by atoms with Crippen LogP contribution in [0.4, 0.5) is 0 Å². The Balaban J connectivity index is 2.58. The van der Waals surface area contributed by atoms with Gasteiger partial charge in [0.2, 0.25) is 0 Å². The Kier molecular flexibility index (Phi) is 6.13. The molecule has 0 amide bonds. The predicted octanol–water partition coefficient (Wildman–Crippen LogP) is 3.52. The molecule has 1 aliphatic rings. The van der Waals surface area contributed by atoms with Gasteiger partial charge in [-0.25, -0.2) is 0 Å². The van der Waals surface area contributed by atoms with E-state index in [1.54, 1.807) is 0 Å². The van der Waals surface area contributed by atoms with Gasteiger partial charge in [-0.1, -0.05) is 27.7 Å². The molecule has 2 nitrogen and oxygen atoms in total. The largest absolute Gasteiger partial charge is 0.313 e. The van der Waals surface area contributed by atoms with Crippen LogP contribution in [0.2, 0.25) is 0 Å². The summed E-state index contributed by atoms with van der Waals surface area (Å²) in [5.41, 5.74) is 0.468. The van der Waals surface area contributed by atoms with Crippen molar-refractivity contribution in [2.24, 2.45) is 11.3 Å². The van der Waals surface area contributed by atoms with Gasteiger partial charge in [0.15, 0.2) is 0 Å². The SMILES string of the molecule is CCCNC1C(CN(C)C(C)CC)CCC1(C)C. The standard InChI is InChI=1S/C16H34N2/c1-7-11-17-15-14(9-10-16(15,4)5)12-18(6)13(3)8-2/h13-15,17H,7-12H2,1-6H3. The fraction of sp³-hybridized carbons (Fsp3) is 1.00. The van der Waals surface area contributed by atoms with Crippen LogP contribution < -0.4 is 5.32 Å². The maximum absolute atomic E-state index is 3.81. The van der Waals surface area contributed by atoms with Crippen molar-refractivity contribution in [1.82, 2.24) is 10.2 Å². The van der Waals surface area contributed by atoms with Gasteiger partial charge in [-0.3, -0.25) is 0 Å². The average molecular weight is 254 g/mol. The normalized spacial score (nSPS) is 28.8. The third kappa shape index (κ3) is 3.96. The van der Waals surface area contributed by atoms with Crippen molar-refractivity contribution >= 4 is 0 Å². The van der Waals surface area contributed by atoms with Gasteiger partial charge in [0.1, 0.15) is 0 Å². The van der Waals surface area contributed by atoms with Crippen LogP contribution in [0, 0.1) is 11.3 Å². The zero-order valence-electron chi connectivity index (χ0n) is 13.4. The molecule has 108 valence electrons. The highest BCUT2D eigenvalue weighted by molar-refractivity contribution is 4.97. The zero-order valence-corrected chi connectivity index (χ0v) is 13.4. The lowest BCUT2D eigenvalue weighted by molar-refractivity contribution is 0.174. The molecule has 1 fully saturated rings. The van der Waals surface area contributed by atoms with Crippen LogP contribution in [0.15, 0.2) is 0 Å². The van der Waals surface area contributed by atoms with Crippen LogP contribution in [0.5, 0.6) is 0 Å². The number of nitrogens with one attached hydrogen (secondary N) is 1. The number of hydrogen-bond acceptors (Lipinski definition) is 2. The molecule has 3 unspecified atom stereocenters. The minimum atomic E-state index is 0.468. The van der Waals surface area contributed by atoms with E-state index in [9.17, 15) is 0 Å². The van der Waals surface area contributed by atoms with E-state index in [-0.39, 0.29) is 0 Å². The first-order valence-corrected chi connectivity index (χ1v) is 7.86. The Labute approximate surface area is 115 Å². The molecule has 0 aromatic heterocycles. The summed E-state index contributed by atoms with van der Waals surface area (Å²) in [6, 6.07) is 1.41. The molecule has 1 saturated carbocycles. The van der Waals surface area contributed by atoms with Gasteiger partial charge in [0.05, 0.1) is 0 Å². The van der Waals surface area contributed by atoms with Crippen LogP contribution in [0.25, 0.3) is 0 Å². The van der Waals surface area contributed by atoms with Gasteiger partial charge in [0.25, 0.3) is 0 Å². The van der Waals surface area contributed by atoms with Crippen molar-refractivity contribution in [3.8, 4) is 0 Å². The van der Waals surface area contributed by atoms with E-state index < -0.39 is 0 Å². The van der Waals surface area contributed by atoms with E-state index >= 15 is 0 Å². The molecule has 1 N–H and O–H groups in total. The molecule has 0 radical (unpaired) electrons. The monoisotopic (exact) mass is 254 g/mol. The minimum Gasteiger partial charge on any atom is -0.313 e. The van der Waals surface area contributed by atoms with Crippen LogP contribution in [0.3, 0.4) is 0 Å². The molecule has 0 aliphatic heterocycles. The van der Waals surface area contributed by atoms with E-state index in [2.05, 4.69) is 51.9 Å². The summed E-state index contributed by atoms with van der Waals surface area (Å²) in [5.74, 6) is 0.825. The lowest BCUT2D eigenvalue weighted by Crippen LogP contribution is -2.46. The Morgan fingerprint density at radius 3 is 2.56 bits per heavy atom. The second-order valence-electron chi connectivity index (χ2n) is 6.92. The fourth-order valence-corrected chi connectivity index (χ4v) is 3.32. The van der Waals surface area contributed by atoms with E-state index in [1.165, 1.54) is 32.2 Å². The number of rotatable bonds is 7. The maximum Gasteiger partial charge on any atom is 0.0159 e. The Morgan fingerprint density at radius 1 is 1.33 bits per heavy atom. The Hall–Kier alpha value is -0.0800. The third-order valence-corrected chi connectivity index (χ3v) is 4.95. The molecule has 0 saturated heterocycles. The molecule has 18 heavy (non-hydrogen) atoms. The van der Waals surface area contributed by atoms with Gasteiger partial charge in [-0.15, -0.1) is 0 Å². The second-order valence-corrected chi connectivity index (χ2v) is 6.92. The quantitative estimate of drug-likeness (QED) is 0.748. The molecule has 0 spiro atoms. The van der Waals surface area contributed by atoms with Gasteiger partial charge >= 0.3 is 0 Å². The van der Waals surface area contributed by atoms with E-state index in [0.717, 1.165) is 12.5 Å². The molecular weight excluding hydrogens is 220 g/mol. The van der Waals surface area contributed by atoms with Crippen molar-refractivity contribution in [2.75, 3.05) is 20.1 Å². The zero-order chi connectivity index (χ0) is 13.8. The summed E-state index contributed by atoms with van der Waals surface area (Å²) < 4.78 is 0. The minimum absolute atomic E-state index is 0.468. The molecule has 0 aromatic rings. The van der Waals surface area contributed by atoms with Gasteiger partial charge in [-0.05, 0) is 57.5 Å². The average Bonchev–Trinajstić information content (AvgIpc) is 2.61. The first kappa shape index (κ1) is 16.0. The highest BCUT2D eigenvalue weighted by Gasteiger charge is 2.41. The van der Waals surface area contributed by atoms with Crippen molar-refractivity contribution in [3.05, 3.63) is 0 Å². The van der Waals surface area contributed by atoms with Crippen molar-refractivity contribution < 1.29 is 0 Å². The summed E-state index contributed by atoms with van der Waals surface area (Å²) >= 11 is 0. The number of nitrogens with zero attached hydrogens (tertiary/aromatic N) is 1. The van der Waals surface area contributed by atoms with Crippen molar-refractivity contribution in [2.45, 2.75) is 72.4 Å². The van der Waals surface area contributed by atoms with Crippen LogP contribution in [-0.2, 0) is 0 Å². The van der Waals surface area contributed by atoms with E-state index in [4.69, 9.17) is 0 Å². The summed E-state index contributed by atoms with van der Waals surface area (Å²) in [7, 11) is 2.29. The molecular formula is C16H34N2. The van der Waals surface area contributed by atoms with Crippen LogP contribution in [0.1, 0.15) is 60.3 Å². The van der Waals surface area contributed by atoms with Gasteiger partial charge in [0, 0.05) is 18.6 Å². The third-order valence-electron chi connectivity index (χ3n) is 4.95. The summed E-state index contributed by atoms with van der Waals surface area (Å²) in [6.45, 7) is 14.2. The van der Waals surface area contributed by atoms with Gasteiger partial charge < -0.3 is 10.2 Å². The van der Waals surface area contributed by atoms with Crippen LogP contribution >= 0.6 is 0 Å². The van der Waals surface area contributed by atoms with Crippen molar-refractivity contribution in [1.29, 1.82) is 0 Å². The predicted molar refractivity (Wildman–Crippen MR) is 81.0 cm³/mol. The topological polar surface area (TPSA) is 15.3 Å². The first-order chi connectivity index (χ1) is 8.42. The number of hydrogen-bond donors (Lipinski definition) is 1. The highest BCUT2D eigenvalue weighted by Crippen LogP contribution is 2.41. The molecule has 0 aromatic carbocycles. The Bertz CT molecular complexity index is 237. The lowest BCUT2D eigenvalue weighted by atomic mass is 9.84. The summed E-state index contributed by atoms with van der Waals surface area (Å²) in [5, 5.41) is 3.81. The van der Waals surface area contributed by atoms with Gasteiger partial charge in [-0.2, -0.15) is 0 Å². The van der Waals surface area contributed by atoms with Crippen molar-refractivity contribution in [3.63, 3.8) is 0 Å². The summed E-state index contributed by atoms with van der Waals surface area (Å²) in [6.07, 6.45) is 5.24. The molecule has 0 bridgehead atoms. The molecule has 2 heteroatoms. The Morgan fingerprint density at radius 2 is 2.00 bits per heavy atom. The van der Waals surface area contributed by atoms with E-state index in [1.807, 2.05) is 0 Å². The smallest absolute Gasteiger partial charge is 0.0159 e. The highest BCUT2D eigenvalue weighted by atomic mass is 15.1.